The molecule has 8 heteroatoms. The highest BCUT2D eigenvalue weighted by Gasteiger charge is 2.46. The van der Waals surface area contributed by atoms with Crippen LogP contribution in [0.5, 0.6) is 0 Å². The molecule has 35 heavy (non-hydrogen) atoms. The molecule has 2 unspecified atom stereocenters. The minimum atomic E-state index is -0.492. The molecule has 0 saturated carbocycles. The molecule has 0 bridgehead atoms. The molecule has 2 N–H and O–H groups in total. The second-order valence-corrected chi connectivity index (χ2v) is 10.4. The van der Waals surface area contributed by atoms with Gasteiger partial charge in [0.05, 0.1) is 11.8 Å². The molecule has 1 spiro atoms. The van der Waals surface area contributed by atoms with E-state index in [0.29, 0.717) is 0 Å². The minimum Gasteiger partial charge on any atom is -0.387 e. The summed E-state index contributed by atoms with van der Waals surface area (Å²) in [5, 5.41) is 15.0. The van der Waals surface area contributed by atoms with E-state index in [2.05, 4.69) is 64.6 Å². The first kappa shape index (κ1) is 26.0. The average molecular weight is 534 g/mol. The molecule has 3 heterocycles. The van der Waals surface area contributed by atoms with E-state index in [4.69, 9.17) is 16.6 Å². The average Bonchev–Trinajstić information content (AvgIpc) is 3.31. The second kappa shape index (κ2) is 10.1. The number of piperidine rings is 1. The second-order valence-electron chi connectivity index (χ2n) is 9.96. The van der Waals surface area contributed by atoms with Crippen LogP contribution in [0, 0.1) is 0 Å². The van der Waals surface area contributed by atoms with Gasteiger partial charge in [-0.25, -0.2) is 9.97 Å². The number of hydrogen-bond acceptors (Lipinski definition) is 5. The van der Waals surface area contributed by atoms with Crippen LogP contribution in [0.4, 0.5) is 11.5 Å². The van der Waals surface area contributed by atoms with Crippen LogP contribution in [0.2, 0.25) is 5.02 Å². The van der Waals surface area contributed by atoms with Crippen molar-refractivity contribution >= 4 is 47.9 Å². The topological polar surface area (TPSA) is 61.3 Å². The molecule has 1 aromatic heterocycles. The number of nitrogens with zero attached hydrogens (tertiary/aromatic N) is 3. The Morgan fingerprint density at radius 2 is 1.94 bits per heavy atom. The van der Waals surface area contributed by atoms with Gasteiger partial charge in [-0.3, -0.25) is 0 Å². The van der Waals surface area contributed by atoms with Gasteiger partial charge in [0.2, 0.25) is 0 Å². The Morgan fingerprint density at radius 3 is 2.74 bits per heavy atom. The summed E-state index contributed by atoms with van der Waals surface area (Å²) in [4.78, 5) is 11.7. The molecule has 2 aliphatic heterocycles. The molecule has 1 fully saturated rings. The van der Waals surface area contributed by atoms with Gasteiger partial charge in [0.1, 0.15) is 12.1 Å². The van der Waals surface area contributed by atoms with Crippen LogP contribution in [0.15, 0.2) is 54.9 Å². The van der Waals surface area contributed by atoms with E-state index in [0.717, 1.165) is 60.9 Å². The van der Waals surface area contributed by atoms with Crippen LogP contribution in [0.1, 0.15) is 60.6 Å². The third kappa shape index (κ3) is 4.48. The van der Waals surface area contributed by atoms with Crippen molar-refractivity contribution in [1.82, 2.24) is 9.97 Å². The predicted octanol–water partition coefficient (Wildman–Crippen LogP) is 6.09. The number of aliphatic hydroxyl groups excluding tert-OH is 1. The molecule has 1 saturated heterocycles. The number of anilines is 2. The first-order chi connectivity index (χ1) is 16.0. The summed E-state index contributed by atoms with van der Waals surface area (Å²) in [5.74, 6) is 1.27. The van der Waals surface area contributed by atoms with Crippen LogP contribution >= 0.6 is 36.4 Å². The van der Waals surface area contributed by atoms with E-state index >= 15 is 0 Å². The lowest BCUT2D eigenvalue weighted by Crippen LogP contribution is -2.51. The molecular formula is C27H31Cl3N4O. The number of halogens is 3. The van der Waals surface area contributed by atoms with Gasteiger partial charge in [0.25, 0.3) is 0 Å². The number of nitrogens with one attached hydrogen (secondary N) is 1. The summed E-state index contributed by atoms with van der Waals surface area (Å²) >= 11 is 6.43. The Balaban J connectivity index is 0.00000144. The number of fused-ring (bicyclic) bond motifs is 3. The third-order valence-electron chi connectivity index (χ3n) is 7.93. The standard InChI is InChI=1S/C27H29ClN4O.2ClH/c1-17-11-23(33)25-24(17)26(31-16-30-25)32-10-9-27(14-20(32)12-18-5-3-2-4-6-18)15-29-22-8-7-19(28)13-21(22)27;;/h2-8,13,16-17,20,23,29,33H,9-12,14-15H2,1H3;2*1H/t17-,20?,23-,27?;;/m1../s1. The lowest BCUT2D eigenvalue weighted by Gasteiger charge is -2.46. The normalized spacial score (nSPS) is 26.4. The van der Waals surface area contributed by atoms with Crippen LogP contribution in [0.25, 0.3) is 0 Å². The van der Waals surface area contributed by atoms with Gasteiger partial charge in [-0.05, 0) is 60.9 Å². The Bertz CT molecular complexity index is 1190. The van der Waals surface area contributed by atoms with Crippen LogP contribution in [-0.2, 0) is 11.8 Å². The Kier molecular flexibility index (Phi) is 7.54. The van der Waals surface area contributed by atoms with Crippen molar-refractivity contribution in [3.05, 3.63) is 82.3 Å². The van der Waals surface area contributed by atoms with E-state index < -0.39 is 6.10 Å². The zero-order valence-electron chi connectivity index (χ0n) is 19.7. The molecule has 3 aromatic rings. The van der Waals surface area contributed by atoms with E-state index in [1.807, 2.05) is 6.07 Å². The smallest absolute Gasteiger partial charge is 0.136 e. The van der Waals surface area contributed by atoms with Crippen LogP contribution in [-0.4, -0.2) is 34.2 Å². The van der Waals surface area contributed by atoms with Gasteiger partial charge in [0.15, 0.2) is 0 Å². The number of aliphatic hydroxyl groups is 1. The highest BCUT2D eigenvalue weighted by molar-refractivity contribution is 6.30. The number of rotatable bonds is 3. The van der Waals surface area contributed by atoms with Gasteiger partial charge >= 0.3 is 0 Å². The fourth-order valence-corrected chi connectivity index (χ4v) is 6.51. The van der Waals surface area contributed by atoms with E-state index in [9.17, 15) is 5.11 Å². The van der Waals surface area contributed by atoms with Gasteiger partial charge < -0.3 is 15.3 Å². The van der Waals surface area contributed by atoms with Crippen molar-refractivity contribution in [1.29, 1.82) is 0 Å². The summed E-state index contributed by atoms with van der Waals surface area (Å²) in [6.07, 6.45) is 4.87. The molecule has 4 atom stereocenters. The van der Waals surface area contributed by atoms with Crippen molar-refractivity contribution < 1.29 is 5.11 Å². The van der Waals surface area contributed by atoms with Crippen molar-refractivity contribution in [2.45, 2.75) is 56.1 Å². The fourth-order valence-electron chi connectivity index (χ4n) is 6.33. The highest BCUT2D eigenvalue weighted by atomic mass is 35.5. The zero-order chi connectivity index (χ0) is 22.6. The van der Waals surface area contributed by atoms with Crippen molar-refractivity contribution in [2.24, 2.45) is 0 Å². The number of aromatic nitrogens is 2. The first-order valence-corrected chi connectivity index (χ1v) is 12.3. The van der Waals surface area contributed by atoms with E-state index in [1.165, 1.54) is 16.8 Å². The Hall–Kier alpha value is -2.05. The van der Waals surface area contributed by atoms with Gasteiger partial charge in [-0.1, -0.05) is 48.9 Å². The lowest BCUT2D eigenvalue weighted by molar-refractivity contribution is 0.170. The maximum absolute atomic E-state index is 10.5. The SMILES string of the molecule is C[C@@H]1C[C@@H](O)c2ncnc(N3CCC4(CNc5ccc(Cl)cc54)CC3Cc3ccccc3)c21.Cl.Cl. The minimum absolute atomic E-state index is 0. The molecule has 2 aromatic carbocycles. The van der Waals surface area contributed by atoms with Gasteiger partial charge in [0, 0.05) is 40.8 Å². The van der Waals surface area contributed by atoms with Gasteiger partial charge in [-0.15, -0.1) is 24.8 Å². The van der Waals surface area contributed by atoms with Gasteiger partial charge in [-0.2, -0.15) is 0 Å². The molecule has 3 aliphatic rings. The summed E-state index contributed by atoms with van der Waals surface area (Å²) < 4.78 is 0. The molecule has 0 amide bonds. The summed E-state index contributed by atoms with van der Waals surface area (Å²) in [5.41, 5.74) is 5.91. The maximum atomic E-state index is 10.5. The highest BCUT2D eigenvalue weighted by Crippen LogP contribution is 2.49. The van der Waals surface area contributed by atoms with Crippen molar-refractivity contribution in [3.8, 4) is 0 Å². The third-order valence-corrected chi connectivity index (χ3v) is 8.17. The Morgan fingerprint density at radius 1 is 1.14 bits per heavy atom. The predicted molar refractivity (Wildman–Crippen MR) is 147 cm³/mol. The molecule has 0 radical (unpaired) electrons. The lowest BCUT2D eigenvalue weighted by atomic mass is 9.70. The molecule has 5 nitrogen and oxygen atoms in total. The van der Waals surface area contributed by atoms with Crippen molar-refractivity contribution in [2.75, 3.05) is 23.3 Å². The van der Waals surface area contributed by atoms with Crippen LogP contribution < -0.4 is 10.2 Å². The molecule has 186 valence electrons. The summed E-state index contributed by atoms with van der Waals surface area (Å²) in [6, 6.07) is 17.3. The van der Waals surface area contributed by atoms with Crippen molar-refractivity contribution in [3.63, 3.8) is 0 Å². The molecule has 1 aliphatic carbocycles. The van der Waals surface area contributed by atoms with Crippen LogP contribution in [0.3, 0.4) is 0 Å². The van der Waals surface area contributed by atoms with E-state index in [1.54, 1.807) is 6.33 Å². The van der Waals surface area contributed by atoms with E-state index in [-0.39, 0.29) is 42.2 Å². The monoisotopic (exact) mass is 532 g/mol. The number of benzene rings is 2. The maximum Gasteiger partial charge on any atom is 0.136 e. The Labute approximate surface area is 224 Å². The number of hydrogen-bond donors (Lipinski definition) is 2. The first-order valence-electron chi connectivity index (χ1n) is 11.9. The molecule has 6 rings (SSSR count). The fraction of sp³-hybridized carbons (Fsp3) is 0.407. The largest absolute Gasteiger partial charge is 0.387 e. The quantitative estimate of drug-likeness (QED) is 0.427. The zero-order valence-corrected chi connectivity index (χ0v) is 22.0. The summed E-state index contributed by atoms with van der Waals surface area (Å²) in [6.45, 7) is 4.04. The molecular weight excluding hydrogens is 503 g/mol. The summed E-state index contributed by atoms with van der Waals surface area (Å²) in [7, 11) is 0.